The molecule has 3 N–H and O–H groups in total. The first-order valence-corrected chi connectivity index (χ1v) is 6.75. The van der Waals surface area contributed by atoms with Crippen LogP contribution < -0.4 is 11.2 Å². The summed E-state index contributed by atoms with van der Waals surface area (Å²) in [7, 11) is 0. The van der Waals surface area contributed by atoms with Gasteiger partial charge in [-0.3, -0.25) is 0 Å². The quantitative estimate of drug-likeness (QED) is 0.631. The molecule has 1 aromatic rings. The van der Waals surface area contributed by atoms with E-state index in [1.165, 1.54) is 11.1 Å². The Hall–Kier alpha value is -1.84. The summed E-state index contributed by atoms with van der Waals surface area (Å²) in [6.45, 7) is 13.1. The van der Waals surface area contributed by atoms with Gasteiger partial charge >= 0.3 is 6.03 Å². The minimum Gasteiger partial charge on any atom is -0.350 e. The van der Waals surface area contributed by atoms with Crippen molar-refractivity contribution in [2.75, 3.05) is 0 Å². The first kappa shape index (κ1) is 16.2. The third-order valence-corrected chi connectivity index (χ3v) is 3.08. The zero-order valence-corrected chi connectivity index (χ0v) is 13.2. The van der Waals surface area contributed by atoms with Crippen molar-refractivity contribution in [3.63, 3.8) is 0 Å². The van der Waals surface area contributed by atoms with Crippen LogP contribution in [0.2, 0.25) is 0 Å². The Balaban J connectivity index is 3.24. The number of carbonyl (C=O) groups excluding carboxylic acids is 1. The molecular formula is C16H25N3O. The molecule has 4 heteroatoms. The predicted octanol–water partition coefficient (Wildman–Crippen LogP) is 3.28. The zero-order valence-electron chi connectivity index (χ0n) is 13.2. The van der Waals surface area contributed by atoms with Crippen LogP contribution in [0.15, 0.2) is 23.3 Å². The topological polar surface area (TPSA) is 67.5 Å². The van der Waals surface area contributed by atoms with Gasteiger partial charge in [-0.15, -0.1) is 0 Å². The number of nitrogens with one attached hydrogen (secondary N) is 1. The summed E-state index contributed by atoms with van der Waals surface area (Å²) in [6, 6.07) is 5.74. The van der Waals surface area contributed by atoms with Gasteiger partial charge in [0.05, 0.1) is 6.21 Å². The summed E-state index contributed by atoms with van der Waals surface area (Å²) < 4.78 is 0. The molecule has 0 spiro atoms. The summed E-state index contributed by atoms with van der Waals surface area (Å²) in [5, 5.41) is 3.84. The van der Waals surface area contributed by atoms with Crippen molar-refractivity contribution in [1.82, 2.24) is 5.43 Å². The minimum atomic E-state index is -0.663. The van der Waals surface area contributed by atoms with Gasteiger partial charge in [-0.05, 0) is 39.7 Å². The van der Waals surface area contributed by atoms with Gasteiger partial charge in [0, 0.05) is 0 Å². The molecule has 2 amide bonds. The van der Waals surface area contributed by atoms with Crippen molar-refractivity contribution in [2.45, 2.75) is 52.4 Å². The Morgan fingerprint density at radius 1 is 1.05 bits per heavy atom. The van der Waals surface area contributed by atoms with Crippen LogP contribution in [0.1, 0.15) is 58.2 Å². The predicted molar refractivity (Wildman–Crippen MR) is 84.2 cm³/mol. The summed E-state index contributed by atoms with van der Waals surface area (Å²) in [4.78, 5) is 10.6. The number of benzene rings is 1. The van der Waals surface area contributed by atoms with E-state index in [1.807, 2.05) is 0 Å². The minimum absolute atomic E-state index is 0.0565. The van der Waals surface area contributed by atoms with Crippen LogP contribution in [-0.4, -0.2) is 12.2 Å². The number of hydrogen-bond acceptors (Lipinski definition) is 2. The molecule has 0 unspecified atom stereocenters. The smallest absolute Gasteiger partial charge is 0.332 e. The Labute approximate surface area is 121 Å². The average Bonchev–Trinajstić information content (AvgIpc) is 2.25. The highest BCUT2D eigenvalue weighted by molar-refractivity contribution is 5.82. The van der Waals surface area contributed by atoms with E-state index in [2.05, 4.69) is 70.3 Å². The third-order valence-electron chi connectivity index (χ3n) is 3.08. The molecule has 0 saturated carbocycles. The van der Waals surface area contributed by atoms with E-state index in [9.17, 15) is 4.79 Å². The van der Waals surface area contributed by atoms with Gasteiger partial charge in [0.2, 0.25) is 0 Å². The molecule has 0 aliphatic heterocycles. The van der Waals surface area contributed by atoms with Crippen LogP contribution in [0.25, 0.3) is 0 Å². The number of nitrogens with zero attached hydrogens (tertiary/aromatic N) is 1. The Morgan fingerprint density at radius 3 is 1.85 bits per heavy atom. The molecule has 0 fully saturated rings. The van der Waals surface area contributed by atoms with Gasteiger partial charge in [0.15, 0.2) is 0 Å². The lowest BCUT2D eigenvalue weighted by Gasteiger charge is -2.25. The van der Waals surface area contributed by atoms with Crippen molar-refractivity contribution in [3.05, 3.63) is 34.9 Å². The lowest BCUT2D eigenvalue weighted by molar-refractivity contribution is 0.249. The lowest BCUT2D eigenvalue weighted by Crippen LogP contribution is -2.24. The highest BCUT2D eigenvalue weighted by Gasteiger charge is 2.20. The molecule has 0 bridgehead atoms. The van der Waals surface area contributed by atoms with Crippen molar-refractivity contribution >= 4 is 12.2 Å². The third kappa shape index (κ3) is 4.68. The second-order valence-electron chi connectivity index (χ2n) is 7.08. The van der Waals surface area contributed by atoms with Crippen molar-refractivity contribution in [2.24, 2.45) is 10.8 Å². The number of amides is 2. The fourth-order valence-corrected chi connectivity index (χ4v) is 1.76. The number of urea groups is 1. The normalized spacial score (nSPS) is 12.7. The van der Waals surface area contributed by atoms with E-state index in [1.54, 1.807) is 6.21 Å². The monoisotopic (exact) mass is 275 g/mol. The Kier molecular flexibility index (Phi) is 4.58. The van der Waals surface area contributed by atoms with E-state index < -0.39 is 6.03 Å². The molecule has 0 radical (unpaired) electrons. The maximum absolute atomic E-state index is 10.6. The largest absolute Gasteiger partial charge is 0.350 e. The molecule has 110 valence electrons. The van der Waals surface area contributed by atoms with Gasteiger partial charge in [-0.1, -0.05) is 47.6 Å². The molecule has 0 heterocycles. The van der Waals surface area contributed by atoms with Gasteiger partial charge in [-0.2, -0.15) is 5.10 Å². The van der Waals surface area contributed by atoms with Crippen LogP contribution >= 0.6 is 0 Å². The van der Waals surface area contributed by atoms with Gasteiger partial charge in [-0.25, -0.2) is 10.2 Å². The average molecular weight is 275 g/mol. The molecule has 20 heavy (non-hydrogen) atoms. The number of hydrogen-bond donors (Lipinski definition) is 2. The molecule has 1 aromatic carbocycles. The highest BCUT2D eigenvalue weighted by atomic mass is 16.2. The van der Waals surface area contributed by atoms with Crippen LogP contribution in [-0.2, 0) is 10.8 Å². The van der Waals surface area contributed by atoms with Crippen molar-refractivity contribution in [1.29, 1.82) is 0 Å². The van der Waals surface area contributed by atoms with E-state index >= 15 is 0 Å². The first-order chi connectivity index (χ1) is 9.00. The molecule has 0 aromatic heterocycles. The van der Waals surface area contributed by atoms with Crippen LogP contribution in [0, 0.1) is 0 Å². The van der Waals surface area contributed by atoms with Crippen molar-refractivity contribution < 1.29 is 4.79 Å². The highest BCUT2D eigenvalue weighted by Crippen LogP contribution is 2.29. The maximum Gasteiger partial charge on any atom is 0.332 e. The van der Waals surface area contributed by atoms with Crippen molar-refractivity contribution in [3.8, 4) is 0 Å². The Morgan fingerprint density at radius 2 is 1.50 bits per heavy atom. The van der Waals surface area contributed by atoms with E-state index in [-0.39, 0.29) is 10.8 Å². The molecule has 0 aliphatic carbocycles. The van der Waals surface area contributed by atoms with E-state index in [0.29, 0.717) is 0 Å². The van der Waals surface area contributed by atoms with Gasteiger partial charge < -0.3 is 5.73 Å². The second-order valence-corrected chi connectivity index (χ2v) is 7.08. The molecule has 0 aliphatic rings. The standard InChI is InChI=1S/C16H25N3O/c1-15(2,3)12-7-11(10-18-19-14(17)20)8-13(9-12)16(4,5)6/h7-10H,1-6H3,(H3,17,19,20)/b18-10+. The van der Waals surface area contributed by atoms with Gasteiger partial charge in [0.25, 0.3) is 0 Å². The lowest BCUT2D eigenvalue weighted by atomic mass is 9.80. The van der Waals surface area contributed by atoms with Crippen LogP contribution in [0.3, 0.4) is 0 Å². The summed E-state index contributed by atoms with van der Waals surface area (Å²) in [5.74, 6) is 0. The maximum atomic E-state index is 10.6. The number of rotatable bonds is 2. The first-order valence-electron chi connectivity index (χ1n) is 6.75. The van der Waals surface area contributed by atoms with E-state index in [0.717, 1.165) is 5.56 Å². The number of primary amides is 1. The molecule has 0 atom stereocenters. The SMILES string of the molecule is CC(C)(C)c1cc(/C=N/NC(N)=O)cc(C(C)(C)C)c1. The van der Waals surface area contributed by atoms with E-state index in [4.69, 9.17) is 5.73 Å². The summed E-state index contributed by atoms with van der Waals surface area (Å²) in [5.41, 5.74) is 10.8. The Bertz CT molecular complexity index is 487. The van der Waals surface area contributed by atoms with Crippen LogP contribution in [0.5, 0.6) is 0 Å². The zero-order chi connectivity index (χ0) is 15.6. The number of hydrazone groups is 1. The number of nitrogens with two attached hydrogens (primary N) is 1. The fourth-order valence-electron chi connectivity index (χ4n) is 1.76. The molecule has 0 saturated heterocycles. The molecular weight excluding hydrogens is 250 g/mol. The molecule has 4 nitrogen and oxygen atoms in total. The second kappa shape index (κ2) is 5.65. The fraction of sp³-hybridized carbons (Fsp3) is 0.500. The number of carbonyl (C=O) groups is 1. The summed E-state index contributed by atoms with van der Waals surface area (Å²) in [6.07, 6.45) is 1.62. The summed E-state index contributed by atoms with van der Waals surface area (Å²) >= 11 is 0. The van der Waals surface area contributed by atoms with Crippen LogP contribution in [0.4, 0.5) is 4.79 Å². The van der Waals surface area contributed by atoms with Gasteiger partial charge in [0.1, 0.15) is 0 Å². The molecule has 1 rings (SSSR count).